The van der Waals surface area contributed by atoms with Gasteiger partial charge in [-0.1, -0.05) is 31.4 Å². The molecule has 140 valence electrons. The first-order valence-corrected chi connectivity index (χ1v) is 10.0. The fourth-order valence-electron chi connectivity index (χ4n) is 4.22. The highest BCUT2D eigenvalue weighted by atomic mass is 16.5. The van der Waals surface area contributed by atoms with Crippen LogP contribution in [0.3, 0.4) is 0 Å². The van der Waals surface area contributed by atoms with Crippen LogP contribution >= 0.6 is 0 Å². The minimum absolute atomic E-state index is 0.214. The molecule has 1 saturated carbocycles. The van der Waals surface area contributed by atoms with Crippen LogP contribution < -0.4 is 4.74 Å². The van der Waals surface area contributed by atoms with Crippen LogP contribution in [0, 0.1) is 11.3 Å². The summed E-state index contributed by atoms with van der Waals surface area (Å²) in [4.78, 5) is 11.4. The molecule has 2 fully saturated rings. The van der Waals surface area contributed by atoms with Gasteiger partial charge < -0.3 is 9.64 Å². The van der Waals surface area contributed by atoms with Crippen molar-refractivity contribution < 1.29 is 4.74 Å². The number of rotatable bonds is 4. The van der Waals surface area contributed by atoms with Crippen LogP contribution in [0.2, 0.25) is 0 Å². The van der Waals surface area contributed by atoms with Crippen LogP contribution in [-0.4, -0.2) is 40.1 Å². The van der Waals surface area contributed by atoms with Gasteiger partial charge in [-0.25, -0.2) is 9.97 Å². The fourth-order valence-corrected chi connectivity index (χ4v) is 4.22. The van der Waals surface area contributed by atoms with Gasteiger partial charge in [0, 0.05) is 37.1 Å². The number of ether oxygens (including phenoxy) is 1. The van der Waals surface area contributed by atoms with Gasteiger partial charge >= 0.3 is 6.01 Å². The molecule has 0 radical (unpaired) electrons. The molecule has 0 amide bonds. The zero-order valence-corrected chi connectivity index (χ0v) is 15.7. The number of piperidine rings is 1. The molecule has 2 aromatic rings. The zero-order valence-electron chi connectivity index (χ0n) is 15.7. The van der Waals surface area contributed by atoms with Crippen molar-refractivity contribution in [2.24, 2.45) is 0 Å². The Morgan fingerprint density at radius 1 is 0.889 bits per heavy atom. The molecule has 0 unspecified atom stereocenters. The van der Waals surface area contributed by atoms with Crippen LogP contribution in [0.5, 0.6) is 6.01 Å². The van der Waals surface area contributed by atoms with E-state index in [1.807, 2.05) is 12.1 Å². The second-order valence-corrected chi connectivity index (χ2v) is 7.59. The van der Waals surface area contributed by atoms with Crippen molar-refractivity contribution in [2.45, 2.75) is 57.1 Å². The Labute approximate surface area is 161 Å². The lowest BCUT2D eigenvalue weighted by Crippen LogP contribution is -2.44. The quantitative estimate of drug-likeness (QED) is 0.816. The Kier molecular flexibility index (Phi) is 5.64. The maximum absolute atomic E-state index is 8.89. The molecule has 27 heavy (non-hydrogen) atoms. The minimum atomic E-state index is 0.214. The maximum atomic E-state index is 8.89. The van der Waals surface area contributed by atoms with Gasteiger partial charge in [-0.15, -0.1) is 0 Å². The van der Waals surface area contributed by atoms with Crippen LogP contribution in [0.4, 0.5) is 0 Å². The lowest BCUT2D eigenvalue weighted by Gasteiger charge is -2.39. The predicted molar refractivity (Wildman–Crippen MR) is 104 cm³/mol. The number of likely N-dealkylation sites (tertiary alicyclic amines) is 1. The van der Waals surface area contributed by atoms with E-state index < -0.39 is 0 Å². The van der Waals surface area contributed by atoms with Crippen molar-refractivity contribution in [3.63, 3.8) is 0 Å². The predicted octanol–water partition coefficient (Wildman–Crippen LogP) is 4.19. The van der Waals surface area contributed by atoms with Crippen LogP contribution in [0.1, 0.15) is 50.5 Å². The SMILES string of the molecule is N#Cc1ccc(-c2cnc(OC3CCN(C4CCCCC4)CC3)nc2)cc1. The molecule has 5 nitrogen and oxygen atoms in total. The lowest BCUT2D eigenvalue weighted by molar-refractivity contribution is 0.0583. The molecule has 1 aliphatic carbocycles. The third kappa shape index (κ3) is 4.45. The molecule has 1 aliphatic heterocycles. The summed E-state index contributed by atoms with van der Waals surface area (Å²) >= 11 is 0. The summed E-state index contributed by atoms with van der Waals surface area (Å²) in [7, 11) is 0. The highest BCUT2D eigenvalue weighted by molar-refractivity contribution is 5.62. The standard InChI is InChI=1S/C22H26N4O/c23-14-17-6-8-18(9-7-17)19-15-24-22(25-16-19)27-21-10-12-26(13-11-21)20-4-2-1-3-5-20/h6-9,15-16,20-21H,1-5,10-13H2. The van der Waals surface area contributed by atoms with Gasteiger partial charge in [-0.3, -0.25) is 0 Å². The van der Waals surface area contributed by atoms with Crippen LogP contribution in [0.15, 0.2) is 36.7 Å². The third-order valence-corrected chi connectivity index (χ3v) is 5.82. The number of hydrogen-bond acceptors (Lipinski definition) is 5. The molecule has 0 atom stereocenters. The Hall–Kier alpha value is -2.45. The van der Waals surface area contributed by atoms with Gasteiger partial charge in [0.1, 0.15) is 6.10 Å². The largest absolute Gasteiger partial charge is 0.460 e. The number of aromatic nitrogens is 2. The molecule has 0 bridgehead atoms. The number of nitriles is 1. The second kappa shape index (κ2) is 8.49. The molecule has 4 rings (SSSR count). The molecule has 1 aromatic carbocycles. The summed E-state index contributed by atoms with van der Waals surface area (Å²) in [6, 6.07) is 10.8. The van der Waals surface area contributed by atoms with E-state index in [4.69, 9.17) is 10.00 Å². The van der Waals surface area contributed by atoms with Gasteiger partial charge in [-0.2, -0.15) is 5.26 Å². The Morgan fingerprint density at radius 2 is 1.56 bits per heavy atom. The van der Waals surface area contributed by atoms with E-state index in [2.05, 4.69) is 20.9 Å². The monoisotopic (exact) mass is 362 g/mol. The first-order valence-electron chi connectivity index (χ1n) is 10.0. The molecular formula is C22H26N4O. The maximum Gasteiger partial charge on any atom is 0.316 e. The van der Waals surface area contributed by atoms with Crippen molar-refractivity contribution in [3.05, 3.63) is 42.2 Å². The first-order chi connectivity index (χ1) is 13.3. The van der Waals surface area contributed by atoms with E-state index in [1.54, 1.807) is 24.5 Å². The Bertz CT molecular complexity index is 767. The van der Waals surface area contributed by atoms with Crippen LogP contribution in [0.25, 0.3) is 11.1 Å². The van der Waals surface area contributed by atoms with Gasteiger partial charge in [-0.05, 0) is 43.4 Å². The average molecular weight is 362 g/mol. The van der Waals surface area contributed by atoms with Crippen molar-refractivity contribution in [1.29, 1.82) is 5.26 Å². The van der Waals surface area contributed by atoms with Crippen LogP contribution in [-0.2, 0) is 0 Å². The summed E-state index contributed by atoms with van der Waals surface area (Å²) in [5, 5.41) is 8.89. The Balaban J connectivity index is 1.30. The van der Waals surface area contributed by atoms with E-state index in [9.17, 15) is 0 Å². The minimum Gasteiger partial charge on any atom is -0.460 e. The van der Waals surface area contributed by atoms with Crippen molar-refractivity contribution in [3.8, 4) is 23.2 Å². The van der Waals surface area contributed by atoms with E-state index in [0.29, 0.717) is 11.6 Å². The van der Waals surface area contributed by atoms with E-state index in [-0.39, 0.29) is 6.10 Å². The zero-order chi connectivity index (χ0) is 18.5. The summed E-state index contributed by atoms with van der Waals surface area (Å²) in [5.74, 6) is 0. The highest BCUT2D eigenvalue weighted by Crippen LogP contribution is 2.26. The molecule has 0 N–H and O–H groups in total. The average Bonchev–Trinajstić information content (AvgIpc) is 2.76. The second-order valence-electron chi connectivity index (χ2n) is 7.59. The number of benzene rings is 1. The van der Waals surface area contributed by atoms with Gasteiger partial charge in [0.2, 0.25) is 0 Å². The normalized spacial score (nSPS) is 19.5. The molecule has 2 heterocycles. The molecule has 0 spiro atoms. The number of nitrogens with zero attached hydrogens (tertiary/aromatic N) is 4. The molecule has 1 saturated heterocycles. The van der Waals surface area contributed by atoms with Crippen molar-refractivity contribution >= 4 is 0 Å². The first kappa shape index (κ1) is 17.9. The van der Waals surface area contributed by atoms with E-state index in [1.165, 1.54) is 32.1 Å². The summed E-state index contributed by atoms with van der Waals surface area (Å²) < 4.78 is 6.03. The molecule has 1 aromatic heterocycles. The van der Waals surface area contributed by atoms with Gasteiger partial charge in [0.15, 0.2) is 0 Å². The Morgan fingerprint density at radius 3 is 2.19 bits per heavy atom. The number of hydrogen-bond donors (Lipinski definition) is 0. The summed E-state index contributed by atoms with van der Waals surface area (Å²) in [6.07, 6.45) is 12.8. The smallest absolute Gasteiger partial charge is 0.316 e. The highest BCUT2D eigenvalue weighted by Gasteiger charge is 2.27. The van der Waals surface area contributed by atoms with Gasteiger partial charge in [0.25, 0.3) is 0 Å². The fraction of sp³-hybridized carbons (Fsp3) is 0.500. The summed E-state index contributed by atoms with van der Waals surface area (Å²) in [5.41, 5.74) is 2.58. The molecule has 2 aliphatic rings. The summed E-state index contributed by atoms with van der Waals surface area (Å²) in [6.45, 7) is 2.25. The van der Waals surface area contributed by atoms with Gasteiger partial charge in [0.05, 0.1) is 11.6 Å². The van der Waals surface area contributed by atoms with Crippen molar-refractivity contribution in [1.82, 2.24) is 14.9 Å². The topological polar surface area (TPSA) is 62.0 Å². The third-order valence-electron chi connectivity index (χ3n) is 5.82. The molecular weight excluding hydrogens is 336 g/mol. The van der Waals surface area contributed by atoms with Crippen molar-refractivity contribution in [2.75, 3.05) is 13.1 Å². The van der Waals surface area contributed by atoms with E-state index in [0.717, 1.165) is 43.1 Å². The lowest BCUT2D eigenvalue weighted by atomic mass is 9.92. The van der Waals surface area contributed by atoms with E-state index >= 15 is 0 Å². The molecule has 5 heteroatoms.